The van der Waals surface area contributed by atoms with Crippen LogP contribution in [0.3, 0.4) is 0 Å². The third kappa shape index (κ3) is 4.56. The first-order valence-electron chi connectivity index (χ1n) is 13.0. The van der Waals surface area contributed by atoms with Crippen LogP contribution in [0, 0.1) is 5.41 Å². The van der Waals surface area contributed by atoms with Crippen LogP contribution < -0.4 is 5.32 Å². The highest BCUT2D eigenvalue weighted by atomic mass is 16.1. The predicted octanol–water partition coefficient (Wildman–Crippen LogP) is 4.01. The number of amidine groups is 1. The molecule has 0 saturated carbocycles. The highest BCUT2D eigenvalue weighted by molar-refractivity contribution is 6.06. The molecule has 9 heteroatoms. The number of imidazole rings is 2. The van der Waals surface area contributed by atoms with E-state index < -0.39 is 0 Å². The molecule has 9 nitrogen and oxygen atoms in total. The van der Waals surface area contributed by atoms with Gasteiger partial charge in [-0.2, -0.15) is 0 Å². The summed E-state index contributed by atoms with van der Waals surface area (Å²) in [6, 6.07) is 19.7. The molecule has 39 heavy (non-hydrogen) atoms. The van der Waals surface area contributed by atoms with Crippen molar-refractivity contribution in [1.82, 2.24) is 29.7 Å². The first-order chi connectivity index (χ1) is 18.9. The fraction of sp³-hybridized carbons (Fsp3) is 0.233. The van der Waals surface area contributed by atoms with Crippen molar-refractivity contribution in [3.8, 4) is 0 Å². The molecular formula is C30H29N7O2. The Balaban J connectivity index is 1.18. The number of fused-ring (bicyclic) bond motifs is 3. The third-order valence-corrected chi connectivity index (χ3v) is 7.43. The maximum Gasteiger partial charge on any atom is 0.263 e. The van der Waals surface area contributed by atoms with Gasteiger partial charge in [0, 0.05) is 37.8 Å². The average Bonchev–Trinajstić information content (AvgIpc) is 3.53. The molecule has 3 aromatic carbocycles. The fourth-order valence-corrected chi connectivity index (χ4v) is 5.25. The molecule has 0 radical (unpaired) electrons. The van der Waals surface area contributed by atoms with E-state index in [2.05, 4.69) is 44.5 Å². The summed E-state index contributed by atoms with van der Waals surface area (Å²) >= 11 is 0. The number of carbonyl (C=O) groups excluding carboxylic acids is 2. The Hall–Kier alpha value is -4.79. The second-order valence-corrected chi connectivity index (χ2v) is 9.94. The number of benzene rings is 3. The largest absolute Gasteiger partial charge is 0.354 e. The van der Waals surface area contributed by atoms with Crippen molar-refractivity contribution in [2.75, 3.05) is 13.1 Å². The van der Waals surface area contributed by atoms with Crippen molar-refractivity contribution in [3.63, 3.8) is 0 Å². The molecule has 0 atom stereocenters. The Morgan fingerprint density at radius 1 is 1.08 bits per heavy atom. The number of aryl methyl sites for hydroxylation is 1. The SMILES string of the molecule is CC(=N)N1CCc2[nH]c(C(=O)c3nc4ccc(C(=O)NCCc5cccc6ccccc56)cc4n3C)nc2C1. The molecule has 3 N–H and O–H groups in total. The van der Waals surface area contributed by atoms with Crippen LogP contribution in [-0.4, -0.2) is 55.0 Å². The van der Waals surface area contributed by atoms with Crippen LogP contribution in [-0.2, 0) is 26.4 Å². The zero-order valence-electron chi connectivity index (χ0n) is 21.9. The Morgan fingerprint density at radius 3 is 2.74 bits per heavy atom. The summed E-state index contributed by atoms with van der Waals surface area (Å²) in [4.78, 5) is 40.5. The van der Waals surface area contributed by atoms with Gasteiger partial charge < -0.3 is 19.8 Å². The van der Waals surface area contributed by atoms with E-state index in [0.717, 1.165) is 24.4 Å². The summed E-state index contributed by atoms with van der Waals surface area (Å²) < 4.78 is 1.71. The van der Waals surface area contributed by atoms with Gasteiger partial charge in [-0.15, -0.1) is 0 Å². The standard InChI is InChI=1S/C30H29N7O2/c1-18(31)37-15-13-23-25(17-37)34-28(33-23)27(38)29-35-24-11-10-21(16-26(24)36(29)2)30(39)32-14-12-20-8-5-7-19-6-3-4-9-22(19)20/h3-11,16,31H,12-15,17H2,1-2H3,(H,32,39)(H,33,34). The topological polar surface area (TPSA) is 120 Å². The molecular weight excluding hydrogens is 490 g/mol. The highest BCUT2D eigenvalue weighted by Gasteiger charge is 2.26. The number of hydrogen-bond acceptors (Lipinski definition) is 5. The van der Waals surface area contributed by atoms with Crippen LogP contribution in [0.25, 0.3) is 21.8 Å². The molecule has 6 rings (SSSR count). The summed E-state index contributed by atoms with van der Waals surface area (Å²) in [5.41, 5.74) is 4.75. The molecule has 0 aliphatic carbocycles. The van der Waals surface area contributed by atoms with Crippen LogP contribution in [0.5, 0.6) is 0 Å². The number of carbonyl (C=O) groups is 2. The monoisotopic (exact) mass is 519 g/mol. The maximum absolute atomic E-state index is 13.3. The molecule has 5 aromatic rings. The Kier molecular flexibility index (Phi) is 6.18. The Labute approximate surface area is 225 Å². The van der Waals surface area contributed by atoms with E-state index in [9.17, 15) is 9.59 Å². The van der Waals surface area contributed by atoms with Crippen molar-refractivity contribution in [3.05, 3.63) is 94.8 Å². The van der Waals surface area contributed by atoms with Crippen molar-refractivity contribution in [2.45, 2.75) is 26.3 Å². The minimum Gasteiger partial charge on any atom is -0.354 e. The average molecular weight is 520 g/mol. The lowest BCUT2D eigenvalue weighted by Gasteiger charge is -2.26. The lowest BCUT2D eigenvalue weighted by atomic mass is 10.0. The van der Waals surface area contributed by atoms with Gasteiger partial charge in [-0.05, 0) is 47.9 Å². The van der Waals surface area contributed by atoms with Gasteiger partial charge in [0.2, 0.25) is 0 Å². The van der Waals surface area contributed by atoms with Crippen LogP contribution in [0.1, 0.15) is 50.7 Å². The predicted molar refractivity (Wildman–Crippen MR) is 150 cm³/mol. The van der Waals surface area contributed by atoms with Gasteiger partial charge in [0.15, 0.2) is 11.6 Å². The van der Waals surface area contributed by atoms with Crippen LogP contribution in [0.2, 0.25) is 0 Å². The third-order valence-electron chi connectivity index (χ3n) is 7.43. The molecule has 0 spiro atoms. The van der Waals surface area contributed by atoms with E-state index in [1.54, 1.807) is 36.7 Å². The number of rotatable bonds is 6. The van der Waals surface area contributed by atoms with Crippen molar-refractivity contribution < 1.29 is 9.59 Å². The summed E-state index contributed by atoms with van der Waals surface area (Å²) in [7, 11) is 1.77. The second kappa shape index (κ2) is 9.83. The Bertz CT molecular complexity index is 1760. The van der Waals surface area contributed by atoms with E-state index in [0.29, 0.717) is 41.9 Å². The molecule has 3 heterocycles. The first kappa shape index (κ1) is 24.5. The van der Waals surface area contributed by atoms with E-state index in [4.69, 9.17) is 5.41 Å². The highest BCUT2D eigenvalue weighted by Crippen LogP contribution is 2.22. The van der Waals surface area contributed by atoms with E-state index in [1.165, 1.54) is 16.3 Å². The smallest absolute Gasteiger partial charge is 0.263 e. The van der Waals surface area contributed by atoms with E-state index in [1.807, 2.05) is 23.1 Å². The van der Waals surface area contributed by atoms with E-state index >= 15 is 0 Å². The number of ketones is 1. The summed E-state index contributed by atoms with van der Waals surface area (Å²) in [6.45, 7) is 3.49. The summed E-state index contributed by atoms with van der Waals surface area (Å²) in [6.07, 6.45) is 1.43. The zero-order chi connectivity index (χ0) is 27.1. The number of amides is 1. The quantitative estimate of drug-likeness (QED) is 0.178. The molecule has 1 amide bonds. The lowest BCUT2D eigenvalue weighted by Crippen LogP contribution is -2.33. The summed E-state index contributed by atoms with van der Waals surface area (Å²) in [5, 5.41) is 13.3. The van der Waals surface area contributed by atoms with Crippen molar-refractivity contribution in [2.24, 2.45) is 7.05 Å². The number of H-pyrrole nitrogens is 1. The van der Waals surface area contributed by atoms with Gasteiger partial charge in [-0.25, -0.2) is 9.97 Å². The van der Waals surface area contributed by atoms with Gasteiger partial charge in [0.05, 0.1) is 29.1 Å². The number of aromatic amines is 1. The normalized spacial score (nSPS) is 13.0. The molecule has 1 aliphatic heterocycles. The minimum absolute atomic E-state index is 0.170. The van der Waals surface area contributed by atoms with Crippen LogP contribution in [0.15, 0.2) is 60.7 Å². The number of nitrogens with zero attached hydrogens (tertiary/aromatic N) is 4. The maximum atomic E-state index is 13.3. The molecule has 2 aromatic heterocycles. The minimum atomic E-state index is -0.303. The van der Waals surface area contributed by atoms with E-state index in [-0.39, 0.29) is 23.3 Å². The molecule has 1 aliphatic rings. The molecule has 0 bridgehead atoms. The first-order valence-corrected chi connectivity index (χ1v) is 13.0. The van der Waals surface area contributed by atoms with Gasteiger partial charge in [0.25, 0.3) is 11.7 Å². The summed E-state index contributed by atoms with van der Waals surface area (Å²) in [5.74, 6) is 0.512. The van der Waals surface area contributed by atoms with Gasteiger partial charge in [-0.1, -0.05) is 42.5 Å². The van der Waals surface area contributed by atoms with Crippen molar-refractivity contribution >= 4 is 39.3 Å². The molecule has 0 unspecified atom stereocenters. The zero-order valence-corrected chi connectivity index (χ0v) is 21.9. The Morgan fingerprint density at radius 2 is 1.90 bits per heavy atom. The van der Waals surface area contributed by atoms with Gasteiger partial charge in [-0.3, -0.25) is 15.0 Å². The fourth-order valence-electron chi connectivity index (χ4n) is 5.25. The number of hydrogen-bond donors (Lipinski definition) is 3. The van der Waals surface area contributed by atoms with Gasteiger partial charge in [0.1, 0.15) is 0 Å². The molecule has 0 fully saturated rings. The number of nitrogens with one attached hydrogen (secondary N) is 3. The number of aromatic nitrogens is 4. The lowest BCUT2D eigenvalue weighted by molar-refractivity contribution is 0.0953. The molecule has 0 saturated heterocycles. The van der Waals surface area contributed by atoms with Crippen molar-refractivity contribution in [1.29, 1.82) is 5.41 Å². The second-order valence-electron chi connectivity index (χ2n) is 9.94. The van der Waals surface area contributed by atoms with Crippen LogP contribution in [0.4, 0.5) is 0 Å². The van der Waals surface area contributed by atoms with Gasteiger partial charge >= 0.3 is 0 Å². The molecule has 196 valence electrons. The van der Waals surface area contributed by atoms with Crippen LogP contribution >= 0.6 is 0 Å².